The number of rotatable bonds is 4. The van der Waals surface area contributed by atoms with E-state index in [4.69, 9.17) is 4.74 Å². The molecule has 0 saturated carbocycles. The van der Waals surface area contributed by atoms with Gasteiger partial charge in [0.25, 0.3) is 0 Å². The summed E-state index contributed by atoms with van der Waals surface area (Å²) in [6, 6.07) is 10.0. The lowest BCUT2D eigenvalue weighted by Crippen LogP contribution is -2.45. The standard InChI is InChI=1S/C18H19FN2O2/c19-17-6-2-1-4-14(17)12-18(22)21-11-3-5-16(13-21)23-15-7-9-20-10-8-15/h1-2,4,6-10,16H,3,5,11-13H2. The Hall–Kier alpha value is -2.43. The number of nitrogens with zero attached hydrogens (tertiary/aromatic N) is 2. The van der Waals surface area contributed by atoms with Gasteiger partial charge < -0.3 is 9.64 Å². The van der Waals surface area contributed by atoms with Crippen molar-refractivity contribution < 1.29 is 13.9 Å². The number of ether oxygens (including phenoxy) is 1. The van der Waals surface area contributed by atoms with Crippen molar-refractivity contribution in [2.45, 2.75) is 25.4 Å². The van der Waals surface area contributed by atoms with Crippen molar-refractivity contribution in [3.8, 4) is 5.75 Å². The SMILES string of the molecule is O=C(Cc1ccccc1F)N1CCCC(Oc2ccncc2)C1. The van der Waals surface area contributed by atoms with E-state index in [9.17, 15) is 9.18 Å². The van der Waals surface area contributed by atoms with Gasteiger partial charge in [0.15, 0.2) is 0 Å². The highest BCUT2D eigenvalue weighted by atomic mass is 19.1. The van der Waals surface area contributed by atoms with Gasteiger partial charge in [-0.2, -0.15) is 0 Å². The van der Waals surface area contributed by atoms with Gasteiger partial charge in [0, 0.05) is 18.9 Å². The number of hydrogen-bond acceptors (Lipinski definition) is 3. The molecule has 1 saturated heterocycles. The first-order valence-corrected chi connectivity index (χ1v) is 7.80. The molecular weight excluding hydrogens is 295 g/mol. The second-order valence-electron chi connectivity index (χ2n) is 5.67. The molecule has 1 unspecified atom stereocenters. The van der Waals surface area contributed by atoms with Gasteiger partial charge in [-0.15, -0.1) is 0 Å². The van der Waals surface area contributed by atoms with Crippen molar-refractivity contribution in [1.82, 2.24) is 9.88 Å². The third-order valence-corrected chi connectivity index (χ3v) is 3.98. The molecule has 0 bridgehead atoms. The van der Waals surface area contributed by atoms with E-state index in [1.807, 2.05) is 0 Å². The minimum Gasteiger partial charge on any atom is -0.488 e. The molecule has 1 aliphatic rings. The topological polar surface area (TPSA) is 42.4 Å². The van der Waals surface area contributed by atoms with Gasteiger partial charge in [-0.1, -0.05) is 18.2 Å². The smallest absolute Gasteiger partial charge is 0.227 e. The third kappa shape index (κ3) is 4.06. The average Bonchev–Trinajstić information content (AvgIpc) is 2.58. The fraction of sp³-hybridized carbons (Fsp3) is 0.333. The molecule has 1 amide bonds. The van der Waals surface area contributed by atoms with Crippen LogP contribution < -0.4 is 4.74 Å². The zero-order chi connectivity index (χ0) is 16.1. The van der Waals surface area contributed by atoms with Crippen molar-refractivity contribution in [1.29, 1.82) is 0 Å². The first-order chi connectivity index (χ1) is 11.2. The molecule has 1 aromatic carbocycles. The largest absolute Gasteiger partial charge is 0.488 e. The van der Waals surface area contributed by atoms with Crippen molar-refractivity contribution >= 4 is 5.91 Å². The van der Waals surface area contributed by atoms with Crippen LogP contribution in [0.1, 0.15) is 18.4 Å². The third-order valence-electron chi connectivity index (χ3n) is 3.98. The lowest BCUT2D eigenvalue weighted by atomic mass is 10.1. The first kappa shape index (κ1) is 15.5. The number of hydrogen-bond donors (Lipinski definition) is 0. The van der Waals surface area contributed by atoms with Crippen molar-refractivity contribution in [2.24, 2.45) is 0 Å². The quantitative estimate of drug-likeness (QED) is 0.871. The van der Waals surface area contributed by atoms with Gasteiger partial charge in [-0.25, -0.2) is 4.39 Å². The van der Waals surface area contributed by atoms with Crippen LogP contribution in [0.25, 0.3) is 0 Å². The predicted octanol–water partition coefficient (Wildman–Crippen LogP) is 2.83. The van der Waals surface area contributed by atoms with Gasteiger partial charge in [-0.3, -0.25) is 9.78 Å². The van der Waals surface area contributed by atoms with Crippen LogP contribution in [0.3, 0.4) is 0 Å². The summed E-state index contributed by atoms with van der Waals surface area (Å²) in [6.45, 7) is 1.24. The van der Waals surface area contributed by atoms with Crippen molar-refractivity contribution in [2.75, 3.05) is 13.1 Å². The number of carbonyl (C=O) groups excluding carboxylic acids is 1. The maximum atomic E-state index is 13.7. The number of halogens is 1. The molecule has 1 atom stereocenters. The van der Waals surface area contributed by atoms with Crippen LogP contribution in [-0.2, 0) is 11.2 Å². The highest BCUT2D eigenvalue weighted by molar-refractivity contribution is 5.79. The van der Waals surface area contributed by atoms with E-state index < -0.39 is 0 Å². The number of carbonyl (C=O) groups is 1. The molecule has 0 aliphatic carbocycles. The molecule has 1 fully saturated rings. The number of aromatic nitrogens is 1. The Labute approximate surface area is 134 Å². The molecular formula is C18H19FN2O2. The molecule has 0 N–H and O–H groups in total. The van der Waals surface area contributed by atoms with Gasteiger partial charge in [-0.05, 0) is 36.6 Å². The molecule has 1 aromatic heterocycles. The van der Waals surface area contributed by atoms with Crippen LogP contribution >= 0.6 is 0 Å². The fourth-order valence-electron chi connectivity index (χ4n) is 2.79. The van der Waals surface area contributed by atoms with Crippen LogP contribution in [0.4, 0.5) is 4.39 Å². The molecule has 5 heteroatoms. The Balaban J connectivity index is 1.59. The van der Waals surface area contributed by atoms with Crippen LogP contribution in [0, 0.1) is 5.82 Å². The summed E-state index contributed by atoms with van der Waals surface area (Å²) < 4.78 is 19.6. The first-order valence-electron chi connectivity index (χ1n) is 7.80. The van der Waals surface area contributed by atoms with Crippen molar-refractivity contribution in [3.63, 3.8) is 0 Å². The summed E-state index contributed by atoms with van der Waals surface area (Å²) in [5.41, 5.74) is 0.440. The van der Waals surface area contributed by atoms with E-state index in [1.54, 1.807) is 47.6 Å². The molecule has 0 spiro atoms. The summed E-state index contributed by atoms with van der Waals surface area (Å²) in [5, 5.41) is 0. The van der Waals surface area contributed by atoms with Gasteiger partial charge >= 0.3 is 0 Å². The molecule has 3 rings (SSSR count). The van der Waals surface area contributed by atoms with E-state index in [0.29, 0.717) is 18.7 Å². The van der Waals surface area contributed by atoms with Gasteiger partial charge in [0.2, 0.25) is 5.91 Å². The summed E-state index contributed by atoms with van der Waals surface area (Å²) in [5.74, 6) is 0.369. The Bertz CT molecular complexity index is 663. The van der Waals surface area contributed by atoms with E-state index in [0.717, 1.165) is 18.6 Å². The van der Waals surface area contributed by atoms with Gasteiger partial charge in [0.1, 0.15) is 17.7 Å². The normalized spacial score (nSPS) is 17.8. The highest BCUT2D eigenvalue weighted by Crippen LogP contribution is 2.19. The summed E-state index contributed by atoms with van der Waals surface area (Å²) in [7, 11) is 0. The van der Waals surface area contributed by atoms with E-state index in [1.165, 1.54) is 6.07 Å². The summed E-state index contributed by atoms with van der Waals surface area (Å²) in [6.07, 6.45) is 5.22. The molecule has 4 nitrogen and oxygen atoms in total. The highest BCUT2D eigenvalue weighted by Gasteiger charge is 2.25. The van der Waals surface area contributed by atoms with Crippen molar-refractivity contribution in [3.05, 3.63) is 60.2 Å². The molecule has 23 heavy (non-hydrogen) atoms. The second-order valence-corrected chi connectivity index (χ2v) is 5.67. The van der Waals surface area contributed by atoms with Gasteiger partial charge in [0.05, 0.1) is 13.0 Å². The summed E-state index contributed by atoms with van der Waals surface area (Å²) >= 11 is 0. The average molecular weight is 314 g/mol. The van der Waals surface area contributed by atoms with Crippen LogP contribution in [0.15, 0.2) is 48.8 Å². The lowest BCUT2D eigenvalue weighted by Gasteiger charge is -2.33. The molecule has 2 heterocycles. The zero-order valence-corrected chi connectivity index (χ0v) is 12.8. The van der Waals surface area contributed by atoms with Crippen LogP contribution in [0.2, 0.25) is 0 Å². The van der Waals surface area contributed by atoms with Crippen LogP contribution in [-0.4, -0.2) is 35.0 Å². The number of pyridine rings is 1. The fourth-order valence-corrected chi connectivity index (χ4v) is 2.79. The Kier molecular flexibility index (Phi) is 4.86. The monoisotopic (exact) mass is 314 g/mol. The maximum absolute atomic E-state index is 13.7. The number of benzene rings is 1. The Morgan fingerprint density at radius 2 is 2.04 bits per heavy atom. The minimum absolute atomic E-state index is 0.0317. The number of amides is 1. The minimum atomic E-state index is -0.331. The number of piperidine rings is 1. The lowest BCUT2D eigenvalue weighted by molar-refractivity contribution is -0.133. The predicted molar refractivity (Wildman–Crippen MR) is 84.6 cm³/mol. The van der Waals surface area contributed by atoms with E-state index in [2.05, 4.69) is 4.98 Å². The number of likely N-dealkylation sites (tertiary alicyclic amines) is 1. The van der Waals surface area contributed by atoms with E-state index in [-0.39, 0.29) is 24.2 Å². The maximum Gasteiger partial charge on any atom is 0.227 e. The van der Waals surface area contributed by atoms with Crippen LogP contribution in [0.5, 0.6) is 5.75 Å². The zero-order valence-electron chi connectivity index (χ0n) is 12.8. The molecule has 120 valence electrons. The van der Waals surface area contributed by atoms with E-state index >= 15 is 0 Å². The molecule has 2 aromatic rings. The molecule has 1 aliphatic heterocycles. The Morgan fingerprint density at radius 1 is 1.26 bits per heavy atom. The second kappa shape index (κ2) is 7.22. The molecule has 0 radical (unpaired) electrons. The Morgan fingerprint density at radius 3 is 2.83 bits per heavy atom. The summed E-state index contributed by atoms with van der Waals surface area (Å²) in [4.78, 5) is 18.1.